The van der Waals surface area contributed by atoms with Crippen molar-refractivity contribution in [2.24, 2.45) is 0 Å². The molecule has 0 unspecified atom stereocenters. The number of rotatable bonds is 1. The van der Waals surface area contributed by atoms with Crippen molar-refractivity contribution in [3.63, 3.8) is 0 Å². The molecule has 0 fully saturated rings. The SMILES string of the molecule is CCC#Cc1ccc(P(=O)(O)O)cc1. The molecule has 0 aliphatic carbocycles. The molecule has 4 heteroatoms. The highest BCUT2D eigenvalue weighted by Crippen LogP contribution is 2.32. The topological polar surface area (TPSA) is 57.5 Å². The van der Waals surface area contributed by atoms with Gasteiger partial charge in [0.15, 0.2) is 0 Å². The van der Waals surface area contributed by atoms with Crippen LogP contribution in [0.4, 0.5) is 0 Å². The molecule has 2 N–H and O–H groups in total. The van der Waals surface area contributed by atoms with E-state index in [1.54, 1.807) is 12.1 Å². The summed E-state index contributed by atoms with van der Waals surface area (Å²) in [6.45, 7) is 1.94. The van der Waals surface area contributed by atoms with Gasteiger partial charge < -0.3 is 9.79 Å². The van der Waals surface area contributed by atoms with Crippen LogP contribution in [0.1, 0.15) is 18.9 Å². The third-order valence-corrected chi connectivity index (χ3v) is 2.58. The summed E-state index contributed by atoms with van der Waals surface area (Å²) in [5.74, 6) is 5.75. The molecule has 0 aliphatic heterocycles. The van der Waals surface area contributed by atoms with Crippen LogP contribution in [-0.2, 0) is 4.57 Å². The van der Waals surface area contributed by atoms with E-state index in [2.05, 4.69) is 11.8 Å². The molecule has 74 valence electrons. The van der Waals surface area contributed by atoms with Crippen LogP contribution in [0.2, 0.25) is 0 Å². The largest absolute Gasteiger partial charge is 0.356 e. The second kappa shape index (κ2) is 4.43. The van der Waals surface area contributed by atoms with Crippen LogP contribution in [0.15, 0.2) is 24.3 Å². The Hall–Kier alpha value is -1.07. The van der Waals surface area contributed by atoms with Gasteiger partial charge in [-0.25, -0.2) is 0 Å². The quantitative estimate of drug-likeness (QED) is 0.541. The predicted octanol–water partition coefficient (Wildman–Crippen LogP) is 1.25. The zero-order valence-electron chi connectivity index (χ0n) is 7.77. The lowest BCUT2D eigenvalue weighted by Gasteiger charge is -2.02. The van der Waals surface area contributed by atoms with Crippen molar-refractivity contribution in [2.75, 3.05) is 0 Å². The van der Waals surface area contributed by atoms with Crippen LogP contribution < -0.4 is 5.30 Å². The van der Waals surface area contributed by atoms with E-state index in [9.17, 15) is 4.57 Å². The lowest BCUT2D eigenvalue weighted by atomic mass is 10.2. The Labute approximate surface area is 82.9 Å². The fourth-order valence-corrected chi connectivity index (χ4v) is 1.47. The summed E-state index contributed by atoms with van der Waals surface area (Å²) in [7, 11) is -4.11. The first-order valence-electron chi connectivity index (χ1n) is 4.19. The zero-order chi connectivity index (χ0) is 10.6. The Bertz CT molecular complexity index is 405. The summed E-state index contributed by atoms with van der Waals surface area (Å²) < 4.78 is 10.8. The third kappa shape index (κ3) is 3.01. The molecule has 0 heterocycles. The molecule has 1 aromatic rings. The minimum Gasteiger partial charge on any atom is -0.321 e. The van der Waals surface area contributed by atoms with Gasteiger partial charge in [-0.2, -0.15) is 0 Å². The van der Waals surface area contributed by atoms with Gasteiger partial charge in [-0.15, -0.1) is 0 Å². The number of hydrogen-bond donors (Lipinski definition) is 2. The van der Waals surface area contributed by atoms with Crippen molar-refractivity contribution in [1.82, 2.24) is 0 Å². The number of benzene rings is 1. The third-order valence-electron chi connectivity index (χ3n) is 1.61. The maximum absolute atomic E-state index is 10.8. The standard InChI is InChI=1S/C10H11O3P/c1-2-3-4-9-5-7-10(8-6-9)14(11,12)13/h5-8H,2H2,1H3,(H2,11,12,13). The Morgan fingerprint density at radius 2 is 1.86 bits per heavy atom. The predicted molar refractivity (Wildman–Crippen MR) is 55.3 cm³/mol. The Morgan fingerprint density at radius 1 is 1.29 bits per heavy atom. The van der Waals surface area contributed by atoms with Crippen molar-refractivity contribution >= 4 is 12.9 Å². The van der Waals surface area contributed by atoms with Gasteiger partial charge in [0.2, 0.25) is 0 Å². The minimum absolute atomic E-state index is 0.0274. The van der Waals surface area contributed by atoms with Gasteiger partial charge in [0, 0.05) is 12.0 Å². The molecule has 0 spiro atoms. The normalized spacial score (nSPS) is 10.5. The average Bonchev–Trinajstić information content (AvgIpc) is 2.14. The van der Waals surface area contributed by atoms with Gasteiger partial charge in [0.25, 0.3) is 0 Å². The molecule has 3 nitrogen and oxygen atoms in total. The van der Waals surface area contributed by atoms with Crippen molar-refractivity contribution in [3.8, 4) is 11.8 Å². The molecule has 0 amide bonds. The van der Waals surface area contributed by atoms with Gasteiger partial charge in [-0.1, -0.05) is 18.8 Å². The highest BCUT2D eigenvalue weighted by Gasteiger charge is 2.15. The fraction of sp³-hybridized carbons (Fsp3) is 0.200. The summed E-state index contributed by atoms with van der Waals surface area (Å²) in [5, 5.41) is 0.0274. The first kappa shape index (κ1) is 11.0. The van der Waals surface area contributed by atoms with Crippen molar-refractivity contribution in [1.29, 1.82) is 0 Å². The van der Waals surface area contributed by atoms with Crippen LogP contribution >= 0.6 is 7.60 Å². The smallest absolute Gasteiger partial charge is 0.321 e. The summed E-state index contributed by atoms with van der Waals surface area (Å²) in [4.78, 5) is 17.7. The molecule has 1 aromatic carbocycles. The van der Waals surface area contributed by atoms with E-state index in [-0.39, 0.29) is 5.30 Å². The lowest BCUT2D eigenvalue weighted by Crippen LogP contribution is -2.02. The summed E-state index contributed by atoms with van der Waals surface area (Å²) >= 11 is 0. The summed E-state index contributed by atoms with van der Waals surface area (Å²) in [5.41, 5.74) is 0.768. The maximum Gasteiger partial charge on any atom is 0.356 e. The Balaban J connectivity index is 2.95. The van der Waals surface area contributed by atoms with Gasteiger partial charge in [-0.05, 0) is 24.3 Å². The molecule has 0 saturated heterocycles. The number of hydrogen-bond acceptors (Lipinski definition) is 1. The van der Waals surface area contributed by atoms with E-state index >= 15 is 0 Å². The molecule has 0 radical (unpaired) electrons. The molecule has 0 aliphatic rings. The maximum atomic E-state index is 10.8. The van der Waals surface area contributed by atoms with Crippen LogP contribution in [-0.4, -0.2) is 9.79 Å². The van der Waals surface area contributed by atoms with Crippen molar-refractivity contribution in [2.45, 2.75) is 13.3 Å². The molecule has 0 atom stereocenters. The lowest BCUT2D eigenvalue weighted by molar-refractivity contribution is 0.387. The molecular weight excluding hydrogens is 199 g/mol. The van der Waals surface area contributed by atoms with E-state index in [4.69, 9.17) is 9.79 Å². The van der Waals surface area contributed by atoms with Crippen LogP contribution in [0.25, 0.3) is 0 Å². The van der Waals surface area contributed by atoms with Gasteiger partial charge >= 0.3 is 7.60 Å². The first-order chi connectivity index (χ1) is 6.54. The van der Waals surface area contributed by atoms with E-state index in [1.807, 2.05) is 6.92 Å². The summed E-state index contributed by atoms with van der Waals surface area (Å²) in [6, 6.07) is 6.02. The van der Waals surface area contributed by atoms with E-state index < -0.39 is 7.60 Å². The second-order valence-electron chi connectivity index (χ2n) is 2.75. The minimum atomic E-state index is -4.11. The van der Waals surface area contributed by atoms with E-state index in [0.29, 0.717) is 0 Å². The van der Waals surface area contributed by atoms with Gasteiger partial charge in [0.05, 0.1) is 5.30 Å². The molecule has 1 rings (SSSR count). The van der Waals surface area contributed by atoms with E-state index in [1.165, 1.54) is 12.1 Å². The molecule has 0 aromatic heterocycles. The highest BCUT2D eigenvalue weighted by atomic mass is 31.2. The Kier molecular flexibility index (Phi) is 3.49. The first-order valence-corrected chi connectivity index (χ1v) is 5.80. The molecule has 14 heavy (non-hydrogen) atoms. The molecule has 0 bridgehead atoms. The van der Waals surface area contributed by atoms with Crippen LogP contribution in [0, 0.1) is 11.8 Å². The van der Waals surface area contributed by atoms with Gasteiger partial charge in [0.1, 0.15) is 0 Å². The summed E-state index contributed by atoms with van der Waals surface area (Å²) in [6.07, 6.45) is 0.764. The van der Waals surface area contributed by atoms with Crippen molar-refractivity contribution < 1.29 is 14.4 Å². The zero-order valence-corrected chi connectivity index (χ0v) is 8.66. The fourth-order valence-electron chi connectivity index (χ4n) is 0.929. The van der Waals surface area contributed by atoms with Crippen molar-refractivity contribution in [3.05, 3.63) is 29.8 Å². The molecule has 0 saturated carbocycles. The average molecular weight is 210 g/mol. The monoisotopic (exact) mass is 210 g/mol. The Morgan fingerprint density at radius 3 is 2.29 bits per heavy atom. The van der Waals surface area contributed by atoms with E-state index in [0.717, 1.165) is 12.0 Å². The van der Waals surface area contributed by atoms with Crippen LogP contribution in [0.3, 0.4) is 0 Å². The second-order valence-corrected chi connectivity index (χ2v) is 4.35. The highest BCUT2D eigenvalue weighted by molar-refractivity contribution is 7.60. The molecular formula is C10H11O3P. The van der Waals surface area contributed by atoms with Gasteiger partial charge in [-0.3, -0.25) is 4.57 Å². The van der Waals surface area contributed by atoms with Crippen LogP contribution in [0.5, 0.6) is 0 Å².